The highest BCUT2D eigenvalue weighted by Crippen LogP contribution is 2.21. The maximum atomic E-state index is 12.9. The molecule has 0 unspecified atom stereocenters. The standard InChI is InChI=1S/C23H23NO3S/c1-2-17-24(18-19-9-5-3-6-10-19)23(25)20-13-15-22(16-14-20)28(26,27)21-11-7-4-8-12-21/h3-16H,2,17-18H2,1H3. The number of benzene rings is 3. The summed E-state index contributed by atoms with van der Waals surface area (Å²) in [6.45, 7) is 3.19. The number of carbonyl (C=O) groups excluding carboxylic acids is 1. The van der Waals surface area contributed by atoms with Gasteiger partial charge >= 0.3 is 0 Å². The minimum absolute atomic E-state index is 0.102. The van der Waals surface area contributed by atoms with E-state index < -0.39 is 9.84 Å². The monoisotopic (exact) mass is 393 g/mol. The van der Waals surface area contributed by atoms with Crippen LogP contribution in [0.5, 0.6) is 0 Å². The van der Waals surface area contributed by atoms with Crippen LogP contribution in [0.1, 0.15) is 29.3 Å². The lowest BCUT2D eigenvalue weighted by molar-refractivity contribution is 0.0743. The summed E-state index contributed by atoms with van der Waals surface area (Å²) in [5.41, 5.74) is 1.55. The second-order valence-electron chi connectivity index (χ2n) is 6.55. The first-order valence-electron chi connectivity index (χ1n) is 9.26. The molecule has 0 spiro atoms. The lowest BCUT2D eigenvalue weighted by Gasteiger charge is -2.22. The van der Waals surface area contributed by atoms with Crippen molar-refractivity contribution in [3.05, 3.63) is 96.1 Å². The molecule has 0 aliphatic rings. The molecule has 4 nitrogen and oxygen atoms in total. The average molecular weight is 394 g/mol. The maximum Gasteiger partial charge on any atom is 0.254 e. The summed E-state index contributed by atoms with van der Waals surface area (Å²) in [4.78, 5) is 15.2. The summed E-state index contributed by atoms with van der Waals surface area (Å²) in [5, 5.41) is 0. The molecule has 0 atom stereocenters. The zero-order valence-electron chi connectivity index (χ0n) is 15.8. The number of carbonyl (C=O) groups is 1. The van der Waals surface area contributed by atoms with E-state index in [1.807, 2.05) is 37.3 Å². The molecule has 5 heteroatoms. The zero-order valence-corrected chi connectivity index (χ0v) is 16.6. The summed E-state index contributed by atoms with van der Waals surface area (Å²) in [7, 11) is -3.59. The van der Waals surface area contributed by atoms with E-state index in [-0.39, 0.29) is 15.7 Å². The van der Waals surface area contributed by atoms with Gasteiger partial charge in [0.1, 0.15) is 0 Å². The van der Waals surface area contributed by atoms with Crippen LogP contribution < -0.4 is 0 Å². The molecule has 0 saturated carbocycles. The fourth-order valence-electron chi connectivity index (χ4n) is 3.02. The molecule has 0 heterocycles. The van der Waals surface area contributed by atoms with Crippen molar-refractivity contribution in [2.45, 2.75) is 29.7 Å². The summed E-state index contributed by atoms with van der Waals surface area (Å²) in [6.07, 6.45) is 0.846. The van der Waals surface area contributed by atoms with Gasteiger partial charge in [-0.1, -0.05) is 55.5 Å². The first-order chi connectivity index (χ1) is 13.5. The largest absolute Gasteiger partial charge is 0.334 e. The van der Waals surface area contributed by atoms with E-state index in [4.69, 9.17) is 0 Å². The van der Waals surface area contributed by atoms with Crippen molar-refractivity contribution in [3.8, 4) is 0 Å². The van der Waals surface area contributed by atoms with Crippen molar-refractivity contribution >= 4 is 15.7 Å². The summed E-state index contributed by atoms with van der Waals surface area (Å²) in [6, 6.07) is 24.3. The van der Waals surface area contributed by atoms with Gasteiger partial charge in [-0.05, 0) is 48.4 Å². The molecule has 1 amide bonds. The van der Waals surface area contributed by atoms with Crippen LogP contribution in [-0.2, 0) is 16.4 Å². The van der Waals surface area contributed by atoms with Crippen molar-refractivity contribution in [2.24, 2.45) is 0 Å². The Kier molecular flexibility index (Phi) is 6.26. The Labute approximate surface area is 166 Å². The minimum atomic E-state index is -3.59. The average Bonchev–Trinajstić information content (AvgIpc) is 2.74. The molecule has 3 aromatic rings. The zero-order chi connectivity index (χ0) is 20.0. The van der Waals surface area contributed by atoms with Crippen LogP contribution in [0, 0.1) is 0 Å². The summed E-state index contributed by atoms with van der Waals surface area (Å²) >= 11 is 0. The number of rotatable bonds is 7. The topological polar surface area (TPSA) is 54.5 Å². The maximum absolute atomic E-state index is 12.9. The van der Waals surface area contributed by atoms with Crippen LogP contribution in [0.25, 0.3) is 0 Å². The third kappa shape index (κ3) is 4.49. The van der Waals surface area contributed by atoms with Gasteiger partial charge in [0.2, 0.25) is 9.84 Å². The highest BCUT2D eigenvalue weighted by molar-refractivity contribution is 7.91. The molecule has 28 heavy (non-hydrogen) atoms. The van der Waals surface area contributed by atoms with Crippen molar-refractivity contribution in [1.82, 2.24) is 4.90 Å². The molecule has 144 valence electrons. The van der Waals surface area contributed by atoms with E-state index in [1.165, 1.54) is 12.1 Å². The van der Waals surface area contributed by atoms with Gasteiger partial charge in [0.05, 0.1) is 9.79 Å². The molecule has 0 aliphatic heterocycles. The van der Waals surface area contributed by atoms with E-state index in [2.05, 4.69) is 0 Å². The molecule has 0 aromatic heterocycles. The van der Waals surface area contributed by atoms with Gasteiger partial charge in [0.15, 0.2) is 0 Å². The van der Waals surface area contributed by atoms with Gasteiger partial charge in [0, 0.05) is 18.7 Å². The Hall–Kier alpha value is -2.92. The number of amides is 1. The molecular formula is C23H23NO3S. The fourth-order valence-corrected chi connectivity index (χ4v) is 4.30. The van der Waals surface area contributed by atoms with Gasteiger partial charge in [-0.25, -0.2) is 8.42 Å². The molecule has 0 fully saturated rings. The Morgan fingerprint density at radius 2 is 1.32 bits per heavy atom. The van der Waals surface area contributed by atoms with Crippen LogP contribution in [0.3, 0.4) is 0 Å². The predicted octanol–water partition coefficient (Wildman–Crippen LogP) is 4.57. The number of hydrogen-bond acceptors (Lipinski definition) is 3. The van der Waals surface area contributed by atoms with E-state index >= 15 is 0 Å². The van der Waals surface area contributed by atoms with Crippen LogP contribution in [0.15, 0.2) is 94.7 Å². The second-order valence-corrected chi connectivity index (χ2v) is 8.50. The quantitative estimate of drug-likeness (QED) is 0.591. The smallest absolute Gasteiger partial charge is 0.254 e. The molecule has 0 N–H and O–H groups in total. The summed E-state index contributed by atoms with van der Waals surface area (Å²) < 4.78 is 25.4. The SMILES string of the molecule is CCCN(Cc1ccccc1)C(=O)c1ccc(S(=O)(=O)c2ccccc2)cc1. The number of hydrogen-bond donors (Lipinski definition) is 0. The fraction of sp³-hybridized carbons (Fsp3) is 0.174. The number of sulfone groups is 1. The van der Waals surface area contributed by atoms with E-state index in [0.717, 1.165) is 12.0 Å². The van der Waals surface area contributed by atoms with Crippen molar-refractivity contribution in [1.29, 1.82) is 0 Å². The second kappa shape index (κ2) is 8.85. The first kappa shape index (κ1) is 19.8. The molecule has 0 bridgehead atoms. The molecule has 0 saturated heterocycles. The normalized spacial score (nSPS) is 11.2. The molecular weight excluding hydrogens is 370 g/mol. The third-order valence-electron chi connectivity index (χ3n) is 4.46. The third-order valence-corrected chi connectivity index (χ3v) is 6.25. The lowest BCUT2D eigenvalue weighted by atomic mass is 10.1. The van der Waals surface area contributed by atoms with E-state index in [9.17, 15) is 13.2 Å². The van der Waals surface area contributed by atoms with Crippen molar-refractivity contribution in [3.63, 3.8) is 0 Å². The minimum Gasteiger partial charge on any atom is -0.334 e. The van der Waals surface area contributed by atoms with Crippen LogP contribution >= 0.6 is 0 Å². The summed E-state index contributed by atoms with van der Waals surface area (Å²) in [5.74, 6) is -0.102. The van der Waals surface area contributed by atoms with E-state index in [0.29, 0.717) is 18.7 Å². The van der Waals surface area contributed by atoms with Gasteiger partial charge in [-0.15, -0.1) is 0 Å². The van der Waals surface area contributed by atoms with Crippen LogP contribution in [-0.4, -0.2) is 25.8 Å². The predicted molar refractivity (Wildman–Crippen MR) is 110 cm³/mol. The Morgan fingerprint density at radius 3 is 1.89 bits per heavy atom. The number of nitrogens with zero attached hydrogens (tertiary/aromatic N) is 1. The van der Waals surface area contributed by atoms with Gasteiger partial charge in [-0.3, -0.25) is 4.79 Å². The molecule has 3 aromatic carbocycles. The highest BCUT2D eigenvalue weighted by atomic mass is 32.2. The van der Waals surface area contributed by atoms with Crippen LogP contribution in [0.2, 0.25) is 0 Å². The lowest BCUT2D eigenvalue weighted by Crippen LogP contribution is -2.31. The Balaban J connectivity index is 1.82. The molecule has 0 radical (unpaired) electrons. The first-order valence-corrected chi connectivity index (χ1v) is 10.7. The van der Waals surface area contributed by atoms with E-state index in [1.54, 1.807) is 47.4 Å². The highest BCUT2D eigenvalue weighted by Gasteiger charge is 2.19. The van der Waals surface area contributed by atoms with Gasteiger partial charge in [-0.2, -0.15) is 0 Å². The molecule has 0 aliphatic carbocycles. The Morgan fingerprint density at radius 1 is 0.786 bits per heavy atom. The molecule has 3 rings (SSSR count). The van der Waals surface area contributed by atoms with Crippen molar-refractivity contribution < 1.29 is 13.2 Å². The Bertz CT molecular complexity index is 1010. The van der Waals surface area contributed by atoms with Gasteiger partial charge in [0.25, 0.3) is 5.91 Å². The van der Waals surface area contributed by atoms with Gasteiger partial charge < -0.3 is 4.90 Å². The van der Waals surface area contributed by atoms with Crippen molar-refractivity contribution in [2.75, 3.05) is 6.54 Å². The van der Waals surface area contributed by atoms with Crippen LogP contribution in [0.4, 0.5) is 0 Å².